The van der Waals surface area contributed by atoms with E-state index in [0.29, 0.717) is 21.4 Å². The van der Waals surface area contributed by atoms with Crippen LogP contribution in [0.1, 0.15) is 10.4 Å². The molecule has 4 N–H and O–H groups in total. The zero-order chi connectivity index (χ0) is 13.0. The Hall–Kier alpha value is -1.99. The number of nitrogen functional groups attached to an aromatic ring is 1. The maximum Gasteiger partial charge on any atom is 0.259 e. The fourth-order valence-corrected chi connectivity index (χ4v) is 1.72. The van der Waals surface area contributed by atoms with Gasteiger partial charge in [0.05, 0.1) is 21.4 Å². The first-order valence-electron chi connectivity index (χ1n) is 5.04. The second-order valence-corrected chi connectivity index (χ2v) is 4.23. The van der Waals surface area contributed by atoms with Gasteiger partial charge in [-0.3, -0.25) is 20.6 Å². The third-order valence-corrected chi connectivity index (χ3v) is 2.87. The summed E-state index contributed by atoms with van der Waals surface area (Å²) in [6.45, 7) is 0. The molecule has 7 heteroatoms. The molecular weight excluding hydrogens is 298 g/mol. The summed E-state index contributed by atoms with van der Waals surface area (Å²) in [6, 6.07) is 3.31. The summed E-state index contributed by atoms with van der Waals surface area (Å²) in [5, 5.41) is 2.74. The van der Waals surface area contributed by atoms with E-state index in [1.807, 2.05) is 0 Å². The van der Waals surface area contributed by atoms with E-state index < -0.39 is 0 Å². The summed E-state index contributed by atoms with van der Waals surface area (Å²) in [5.41, 5.74) is 3.95. The standard InChI is InChI=1S/C11H10BrN5O/c12-8-6-15-4-2-10(8)16-11(18)7-5-14-3-1-9(7)17-13/h1-6H,13H2,(H,14,17)(H,15,16,18). The molecule has 0 radical (unpaired) electrons. The number of hydrogen-bond donors (Lipinski definition) is 3. The number of nitrogens with zero attached hydrogens (tertiary/aromatic N) is 2. The minimum Gasteiger partial charge on any atom is -0.323 e. The van der Waals surface area contributed by atoms with Crippen molar-refractivity contribution in [2.24, 2.45) is 5.84 Å². The van der Waals surface area contributed by atoms with E-state index in [0.717, 1.165) is 0 Å². The molecule has 0 aliphatic rings. The molecule has 6 nitrogen and oxygen atoms in total. The second kappa shape index (κ2) is 5.56. The first-order valence-corrected chi connectivity index (χ1v) is 5.83. The number of hydrazine groups is 1. The number of nitrogens with one attached hydrogen (secondary N) is 2. The van der Waals surface area contributed by atoms with Crippen LogP contribution in [0.2, 0.25) is 0 Å². The number of pyridine rings is 2. The van der Waals surface area contributed by atoms with Crippen molar-refractivity contribution in [2.45, 2.75) is 0 Å². The lowest BCUT2D eigenvalue weighted by Gasteiger charge is -2.09. The normalized spacial score (nSPS) is 9.89. The predicted octanol–water partition coefficient (Wildman–Crippen LogP) is 1.78. The van der Waals surface area contributed by atoms with Crippen molar-refractivity contribution >= 4 is 33.2 Å². The third-order valence-electron chi connectivity index (χ3n) is 2.24. The molecular formula is C11H10BrN5O. The van der Waals surface area contributed by atoms with Crippen LogP contribution in [0.25, 0.3) is 0 Å². The monoisotopic (exact) mass is 307 g/mol. The molecule has 0 aliphatic heterocycles. The van der Waals surface area contributed by atoms with E-state index >= 15 is 0 Å². The molecule has 0 saturated carbocycles. The Balaban J connectivity index is 2.25. The number of aromatic nitrogens is 2. The lowest BCUT2D eigenvalue weighted by Crippen LogP contribution is -2.17. The SMILES string of the molecule is NNc1ccncc1C(=O)Nc1ccncc1Br. The highest BCUT2D eigenvalue weighted by molar-refractivity contribution is 9.10. The molecule has 0 spiro atoms. The van der Waals surface area contributed by atoms with Gasteiger partial charge in [0, 0.05) is 24.8 Å². The van der Waals surface area contributed by atoms with Crippen LogP contribution in [0.15, 0.2) is 41.4 Å². The van der Waals surface area contributed by atoms with Crippen LogP contribution in [-0.4, -0.2) is 15.9 Å². The Labute approximate surface area is 112 Å². The van der Waals surface area contributed by atoms with Gasteiger partial charge in [-0.2, -0.15) is 0 Å². The Bertz CT molecular complexity index is 575. The molecule has 92 valence electrons. The fraction of sp³-hybridized carbons (Fsp3) is 0. The summed E-state index contributed by atoms with van der Waals surface area (Å²) >= 11 is 3.30. The molecule has 0 saturated heterocycles. The molecule has 0 fully saturated rings. The molecule has 18 heavy (non-hydrogen) atoms. The quantitative estimate of drug-likeness (QED) is 0.593. The van der Waals surface area contributed by atoms with Crippen LogP contribution in [0.5, 0.6) is 0 Å². The average molecular weight is 308 g/mol. The van der Waals surface area contributed by atoms with Gasteiger partial charge in [0.15, 0.2) is 0 Å². The van der Waals surface area contributed by atoms with Crippen LogP contribution in [0.4, 0.5) is 11.4 Å². The Kier molecular flexibility index (Phi) is 3.85. The Morgan fingerprint density at radius 3 is 2.50 bits per heavy atom. The van der Waals surface area contributed by atoms with Gasteiger partial charge in [-0.1, -0.05) is 0 Å². The van der Waals surface area contributed by atoms with Crippen molar-refractivity contribution in [2.75, 3.05) is 10.7 Å². The summed E-state index contributed by atoms with van der Waals surface area (Å²) in [6.07, 6.45) is 6.18. The molecule has 0 atom stereocenters. The van der Waals surface area contributed by atoms with Gasteiger partial charge in [-0.25, -0.2) is 0 Å². The van der Waals surface area contributed by atoms with Gasteiger partial charge in [0.2, 0.25) is 0 Å². The van der Waals surface area contributed by atoms with Gasteiger partial charge in [0.1, 0.15) is 0 Å². The number of nitrogens with two attached hydrogens (primary N) is 1. The zero-order valence-electron chi connectivity index (χ0n) is 9.22. The Morgan fingerprint density at radius 1 is 1.17 bits per heavy atom. The molecule has 2 aromatic heterocycles. The lowest BCUT2D eigenvalue weighted by molar-refractivity contribution is 0.102. The molecule has 0 aliphatic carbocycles. The summed E-state index contributed by atoms with van der Waals surface area (Å²) in [7, 11) is 0. The molecule has 2 aromatic rings. The van der Waals surface area contributed by atoms with E-state index in [-0.39, 0.29) is 5.91 Å². The minimum atomic E-state index is -0.303. The minimum absolute atomic E-state index is 0.303. The first kappa shape index (κ1) is 12.5. The summed E-state index contributed by atoms with van der Waals surface area (Å²) in [5.74, 6) is 5.03. The van der Waals surface area contributed by atoms with Crippen molar-refractivity contribution in [3.8, 4) is 0 Å². The van der Waals surface area contributed by atoms with Gasteiger partial charge in [0.25, 0.3) is 5.91 Å². The largest absolute Gasteiger partial charge is 0.323 e. The zero-order valence-corrected chi connectivity index (χ0v) is 10.8. The van der Waals surface area contributed by atoms with E-state index in [1.54, 1.807) is 30.7 Å². The fourth-order valence-electron chi connectivity index (χ4n) is 1.37. The van der Waals surface area contributed by atoms with Crippen molar-refractivity contribution in [1.29, 1.82) is 0 Å². The Morgan fingerprint density at radius 2 is 1.83 bits per heavy atom. The molecule has 1 amide bonds. The van der Waals surface area contributed by atoms with Gasteiger partial charge in [-0.15, -0.1) is 0 Å². The van der Waals surface area contributed by atoms with Crippen molar-refractivity contribution < 1.29 is 4.79 Å². The molecule has 0 bridgehead atoms. The van der Waals surface area contributed by atoms with Crippen LogP contribution >= 0.6 is 15.9 Å². The number of amides is 1. The second-order valence-electron chi connectivity index (χ2n) is 3.38. The van der Waals surface area contributed by atoms with E-state index in [9.17, 15) is 4.79 Å². The maximum absolute atomic E-state index is 12.1. The van der Waals surface area contributed by atoms with Gasteiger partial charge in [-0.05, 0) is 28.1 Å². The highest BCUT2D eigenvalue weighted by Crippen LogP contribution is 2.21. The summed E-state index contributed by atoms with van der Waals surface area (Å²) < 4.78 is 0.699. The van der Waals surface area contributed by atoms with Gasteiger partial charge >= 0.3 is 0 Å². The predicted molar refractivity (Wildman–Crippen MR) is 71.9 cm³/mol. The molecule has 2 rings (SSSR count). The summed E-state index contributed by atoms with van der Waals surface area (Å²) in [4.78, 5) is 19.9. The van der Waals surface area contributed by atoms with E-state index in [1.165, 1.54) is 6.20 Å². The van der Waals surface area contributed by atoms with Crippen molar-refractivity contribution in [3.63, 3.8) is 0 Å². The van der Waals surface area contributed by atoms with E-state index in [2.05, 4.69) is 36.6 Å². The lowest BCUT2D eigenvalue weighted by atomic mass is 10.2. The number of rotatable bonds is 3. The first-order chi connectivity index (χ1) is 8.72. The van der Waals surface area contributed by atoms with Crippen molar-refractivity contribution in [1.82, 2.24) is 9.97 Å². The molecule has 0 aromatic carbocycles. The van der Waals surface area contributed by atoms with Crippen LogP contribution in [0.3, 0.4) is 0 Å². The third kappa shape index (κ3) is 2.63. The van der Waals surface area contributed by atoms with Crippen LogP contribution < -0.4 is 16.6 Å². The van der Waals surface area contributed by atoms with E-state index in [4.69, 9.17) is 5.84 Å². The van der Waals surface area contributed by atoms with Crippen LogP contribution in [0, 0.1) is 0 Å². The molecule has 0 unspecified atom stereocenters. The maximum atomic E-state index is 12.1. The van der Waals surface area contributed by atoms with Crippen LogP contribution in [-0.2, 0) is 0 Å². The highest BCUT2D eigenvalue weighted by atomic mass is 79.9. The number of hydrogen-bond acceptors (Lipinski definition) is 5. The average Bonchev–Trinajstić information content (AvgIpc) is 2.41. The highest BCUT2D eigenvalue weighted by Gasteiger charge is 2.12. The smallest absolute Gasteiger partial charge is 0.259 e. The number of carbonyl (C=O) groups excluding carboxylic acids is 1. The van der Waals surface area contributed by atoms with Gasteiger partial charge < -0.3 is 10.7 Å². The van der Waals surface area contributed by atoms with Crippen molar-refractivity contribution in [3.05, 3.63) is 47.0 Å². The molecule has 2 heterocycles. The number of anilines is 2. The topological polar surface area (TPSA) is 92.9 Å². The number of halogens is 1. The number of carbonyl (C=O) groups is 1.